The van der Waals surface area contributed by atoms with Crippen molar-refractivity contribution in [2.75, 3.05) is 37.6 Å². The third kappa shape index (κ3) is 3.95. The summed E-state index contributed by atoms with van der Waals surface area (Å²) in [5, 5.41) is 0. The lowest BCUT2D eigenvalue weighted by atomic mass is 9.89. The van der Waals surface area contributed by atoms with Gasteiger partial charge >= 0.3 is 0 Å². The first kappa shape index (κ1) is 21.6. The minimum Gasteiger partial charge on any atom is -0.462 e. The summed E-state index contributed by atoms with van der Waals surface area (Å²) in [6.07, 6.45) is 8.95. The van der Waals surface area contributed by atoms with Gasteiger partial charge in [0.25, 0.3) is 5.91 Å². The van der Waals surface area contributed by atoms with E-state index < -0.39 is 5.79 Å². The van der Waals surface area contributed by atoms with E-state index in [4.69, 9.17) is 9.47 Å². The summed E-state index contributed by atoms with van der Waals surface area (Å²) in [7, 11) is 0. The number of carbonyl (C=O) groups excluding carboxylic acids is 2. The van der Waals surface area contributed by atoms with Gasteiger partial charge in [0.2, 0.25) is 11.7 Å². The predicted octanol–water partition coefficient (Wildman–Crippen LogP) is 2.82. The molecule has 8 heteroatoms. The Morgan fingerprint density at radius 3 is 2.53 bits per heavy atom. The van der Waals surface area contributed by atoms with E-state index in [9.17, 15) is 9.59 Å². The lowest BCUT2D eigenvalue weighted by Crippen LogP contribution is -2.54. The molecule has 0 unspecified atom stereocenters. The standard InChI is InChI=1S/C26H30N4O4/c31-24-17-29(25(32)19-6-10-27-11-7-19)14-15-30(24)22-4-5-23-20(16-22)18-33-26(34-23)8-12-28(13-9-26)21-2-1-3-21/h4-7,10-11,16,21H,1-3,8-9,12-15,17-18H2. The van der Waals surface area contributed by atoms with Gasteiger partial charge in [0.05, 0.1) is 6.61 Å². The highest BCUT2D eigenvalue weighted by atomic mass is 16.7. The van der Waals surface area contributed by atoms with Crippen LogP contribution in [0.5, 0.6) is 5.75 Å². The van der Waals surface area contributed by atoms with Gasteiger partial charge in [0.1, 0.15) is 12.3 Å². The van der Waals surface area contributed by atoms with Gasteiger partial charge in [-0.2, -0.15) is 0 Å². The van der Waals surface area contributed by atoms with E-state index in [1.54, 1.807) is 34.3 Å². The second-order valence-electron chi connectivity index (χ2n) is 9.72. The Hall–Kier alpha value is -2.97. The third-order valence-electron chi connectivity index (χ3n) is 7.73. The molecular weight excluding hydrogens is 432 g/mol. The van der Waals surface area contributed by atoms with Crippen LogP contribution in [0.25, 0.3) is 0 Å². The van der Waals surface area contributed by atoms with Crippen molar-refractivity contribution in [3.8, 4) is 5.75 Å². The number of anilines is 1. The Morgan fingerprint density at radius 1 is 1.03 bits per heavy atom. The number of carbonyl (C=O) groups is 2. The second kappa shape index (κ2) is 8.67. The van der Waals surface area contributed by atoms with Gasteiger partial charge in [0.15, 0.2) is 0 Å². The molecule has 0 radical (unpaired) electrons. The molecule has 3 aliphatic heterocycles. The Bertz CT molecular complexity index is 1080. The van der Waals surface area contributed by atoms with Crippen LogP contribution in [0.2, 0.25) is 0 Å². The molecule has 3 fully saturated rings. The third-order valence-corrected chi connectivity index (χ3v) is 7.73. The molecule has 4 aliphatic rings. The van der Waals surface area contributed by atoms with Crippen molar-refractivity contribution in [3.63, 3.8) is 0 Å². The van der Waals surface area contributed by atoms with Crippen LogP contribution in [0.15, 0.2) is 42.7 Å². The van der Waals surface area contributed by atoms with Gasteiger partial charge in [-0.25, -0.2) is 0 Å². The van der Waals surface area contributed by atoms with E-state index in [2.05, 4.69) is 9.88 Å². The summed E-state index contributed by atoms with van der Waals surface area (Å²) >= 11 is 0. The molecule has 178 valence electrons. The number of fused-ring (bicyclic) bond motifs is 1. The SMILES string of the molecule is O=C(c1ccncc1)N1CCN(c2ccc3c(c2)COC2(CCN(C4CCC4)CC2)O3)C(=O)C1. The number of amides is 2. The molecule has 1 aliphatic carbocycles. The molecule has 2 amide bonds. The molecule has 2 aromatic rings. The first-order valence-corrected chi connectivity index (χ1v) is 12.3. The summed E-state index contributed by atoms with van der Waals surface area (Å²) in [6.45, 7) is 3.53. The van der Waals surface area contributed by atoms with Crippen LogP contribution in [0.4, 0.5) is 5.69 Å². The minimum absolute atomic E-state index is 0.0614. The normalized spacial score (nSPS) is 22.8. The minimum atomic E-state index is -0.524. The Morgan fingerprint density at radius 2 is 1.82 bits per heavy atom. The van der Waals surface area contributed by atoms with Crippen molar-refractivity contribution >= 4 is 17.5 Å². The highest BCUT2D eigenvalue weighted by Gasteiger charge is 2.43. The molecule has 6 rings (SSSR count). The Kier molecular flexibility index (Phi) is 5.50. The fraction of sp³-hybridized carbons (Fsp3) is 0.500. The lowest BCUT2D eigenvalue weighted by Gasteiger charge is -2.47. The van der Waals surface area contributed by atoms with Crippen LogP contribution in [0, 0.1) is 0 Å². The smallest absolute Gasteiger partial charge is 0.254 e. The van der Waals surface area contributed by atoms with E-state index in [-0.39, 0.29) is 18.4 Å². The zero-order valence-electron chi connectivity index (χ0n) is 19.3. The number of piperidine rings is 1. The number of aromatic nitrogens is 1. The molecule has 4 heterocycles. The quantitative estimate of drug-likeness (QED) is 0.698. The zero-order valence-corrected chi connectivity index (χ0v) is 19.3. The average molecular weight is 463 g/mol. The summed E-state index contributed by atoms with van der Waals surface area (Å²) in [6, 6.07) is 10.0. The van der Waals surface area contributed by atoms with E-state index in [0.29, 0.717) is 25.3 Å². The fourth-order valence-electron chi connectivity index (χ4n) is 5.41. The molecule has 8 nitrogen and oxygen atoms in total. The van der Waals surface area contributed by atoms with Gasteiger partial charge in [-0.05, 0) is 43.2 Å². The number of rotatable bonds is 3. The second-order valence-corrected chi connectivity index (χ2v) is 9.72. The van der Waals surface area contributed by atoms with Crippen molar-refractivity contribution in [1.82, 2.24) is 14.8 Å². The maximum absolute atomic E-state index is 12.9. The number of piperazine rings is 1. The van der Waals surface area contributed by atoms with Crippen LogP contribution >= 0.6 is 0 Å². The van der Waals surface area contributed by atoms with Crippen molar-refractivity contribution in [1.29, 1.82) is 0 Å². The van der Waals surface area contributed by atoms with Crippen LogP contribution in [-0.4, -0.2) is 71.2 Å². The molecule has 1 saturated carbocycles. The Labute approximate surface area is 199 Å². The van der Waals surface area contributed by atoms with Gasteiger partial charge in [-0.1, -0.05) is 6.42 Å². The maximum atomic E-state index is 12.9. The van der Waals surface area contributed by atoms with Gasteiger partial charge in [-0.3, -0.25) is 19.5 Å². The molecule has 0 N–H and O–H groups in total. The van der Waals surface area contributed by atoms with Crippen LogP contribution in [0.3, 0.4) is 0 Å². The highest BCUT2D eigenvalue weighted by Crippen LogP contribution is 2.40. The average Bonchev–Trinajstić information content (AvgIpc) is 2.84. The van der Waals surface area contributed by atoms with Crippen molar-refractivity contribution < 1.29 is 19.1 Å². The van der Waals surface area contributed by atoms with Crippen LogP contribution in [-0.2, 0) is 16.1 Å². The molecule has 0 bridgehead atoms. The van der Waals surface area contributed by atoms with E-state index in [0.717, 1.165) is 49.0 Å². The molecular formula is C26H30N4O4. The predicted molar refractivity (Wildman–Crippen MR) is 126 cm³/mol. The first-order chi connectivity index (χ1) is 16.6. The molecule has 34 heavy (non-hydrogen) atoms. The largest absolute Gasteiger partial charge is 0.462 e. The molecule has 1 aromatic heterocycles. The lowest BCUT2D eigenvalue weighted by molar-refractivity contribution is -0.231. The van der Waals surface area contributed by atoms with E-state index >= 15 is 0 Å². The summed E-state index contributed by atoms with van der Waals surface area (Å²) in [5.41, 5.74) is 2.34. The van der Waals surface area contributed by atoms with Crippen molar-refractivity contribution in [2.24, 2.45) is 0 Å². The highest BCUT2D eigenvalue weighted by molar-refractivity contribution is 6.01. The van der Waals surface area contributed by atoms with E-state index in [1.165, 1.54) is 19.3 Å². The van der Waals surface area contributed by atoms with Gasteiger partial charge < -0.3 is 19.3 Å². The monoisotopic (exact) mass is 462 g/mol. The van der Waals surface area contributed by atoms with E-state index in [1.807, 2.05) is 18.2 Å². The number of nitrogens with zero attached hydrogens (tertiary/aromatic N) is 4. The van der Waals surface area contributed by atoms with Crippen molar-refractivity contribution in [3.05, 3.63) is 53.9 Å². The number of pyridine rings is 1. The van der Waals surface area contributed by atoms with Gasteiger partial charge in [-0.15, -0.1) is 0 Å². The zero-order chi connectivity index (χ0) is 23.1. The number of likely N-dealkylation sites (tertiary alicyclic amines) is 1. The summed E-state index contributed by atoms with van der Waals surface area (Å²) in [4.78, 5) is 35.5. The number of ether oxygens (including phenoxy) is 2. The molecule has 2 saturated heterocycles. The molecule has 0 atom stereocenters. The molecule has 1 aromatic carbocycles. The number of hydrogen-bond donors (Lipinski definition) is 0. The summed E-state index contributed by atoms with van der Waals surface area (Å²) < 4.78 is 12.7. The fourth-order valence-corrected chi connectivity index (χ4v) is 5.41. The maximum Gasteiger partial charge on any atom is 0.254 e. The van der Waals surface area contributed by atoms with Gasteiger partial charge in [0, 0.05) is 74.3 Å². The Balaban J connectivity index is 1.10. The van der Waals surface area contributed by atoms with Crippen LogP contribution in [0.1, 0.15) is 48.0 Å². The topological polar surface area (TPSA) is 75.2 Å². The summed E-state index contributed by atoms with van der Waals surface area (Å²) in [5.74, 6) is 0.0946. The van der Waals surface area contributed by atoms with Crippen LogP contribution < -0.4 is 9.64 Å². The number of benzene rings is 1. The van der Waals surface area contributed by atoms with Crippen molar-refractivity contribution in [2.45, 2.75) is 50.5 Å². The first-order valence-electron chi connectivity index (χ1n) is 12.3. The molecule has 1 spiro atoms. The number of hydrogen-bond acceptors (Lipinski definition) is 6.